The van der Waals surface area contributed by atoms with Crippen LogP contribution in [0.25, 0.3) is 0 Å². The van der Waals surface area contributed by atoms with Crippen molar-refractivity contribution in [2.24, 2.45) is 5.41 Å². The molecule has 1 aromatic carbocycles. The number of hydrogen-bond acceptors (Lipinski definition) is 2. The van der Waals surface area contributed by atoms with Crippen molar-refractivity contribution in [2.45, 2.75) is 70.1 Å². The molecule has 1 aliphatic rings. The van der Waals surface area contributed by atoms with Crippen molar-refractivity contribution in [2.75, 3.05) is 6.54 Å². The number of rotatable bonds is 5. The largest absolute Gasteiger partial charge is 0.312 e. The zero-order valence-corrected chi connectivity index (χ0v) is 14.8. The Labute approximate surface area is 132 Å². The van der Waals surface area contributed by atoms with Gasteiger partial charge in [-0.05, 0) is 68.3 Å². The third-order valence-electron chi connectivity index (χ3n) is 4.89. The summed E-state index contributed by atoms with van der Waals surface area (Å²) in [6.07, 6.45) is 3.32. The Hall–Kier alpha value is -0.670. The summed E-state index contributed by atoms with van der Waals surface area (Å²) in [5, 5.41) is 3.89. The van der Waals surface area contributed by atoms with Crippen LogP contribution in [0.15, 0.2) is 23.1 Å². The van der Waals surface area contributed by atoms with Crippen LogP contribution in [0.3, 0.4) is 0 Å². The van der Waals surface area contributed by atoms with Gasteiger partial charge >= 0.3 is 0 Å². The van der Waals surface area contributed by atoms with Gasteiger partial charge in [-0.15, -0.1) is 0 Å². The molecular formula is C18H29NOS. The molecule has 118 valence electrons. The van der Waals surface area contributed by atoms with E-state index < -0.39 is 10.8 Å². The van der Waals surface area contributed by atoms with Gasteiger partial charge in [0, 0.05) is 10.9 Å². The molecule has 0 radical (unpaired) electrons. The molecule has 1 fully saturated rings. The molecular weight excluding hydrogens is 278 g/mol. The summed E-state index contributed by atoms with van der Waals surface area (Å²) in [6.45, 7) is 12.0. The fourth-order valence-electron chi connectivity index (χ4n) is 3.29. The molecule has 3 unspecified atom stereocenters. The molecule has 0 bridgehead atoms. The summed E-state index contributed by atoms with van der Waals surface area (Å²) in [5.74, 6) is 0. The van der Waals surface area contributed by atoms with Crippen molar-refractivity contribution < 1.29 is 4.21 Å². The van der Waals surface area contributed by atoms with E-state index in [-0.39, 0.29) is 10.7 Å². The minimum atomic E-state index is -0.920. The fraction of sp³-hybridized carbons (Fsp3) is 0.667. The maximum absolute atomic E-state index is 13.0. The highest BCUT2D eigenvalue weighted by molar-refractivity contribution is 7.85. The molecule has 0 saturated heterocycles. The van der Waals surface area contributed by atoms with Crippen LogP contribution in [-0.4, -0.2) is 22.0 Å². The highest BCUT2D eigenvalue weighted by Gasteiger charge is 2.44. The minimum Gasteiger partial charge on any atom is -0.312 e. The highest BCUT2D eigenvalue weighted by Crippen LogP contribution is 2.41. The quantitative estimate of drug-likeness (QED) is 0.892. The van der Waals surface area contributed by atoms with E-state index in [9.17, 15) is 4.21 Å². The lowest BCUT2D eigenvalue weighted by molar-refractivity contribution is 0.286. The summed E-state index contributed by atoms with van der Waals surface area (Å²) in [7, 11) is -0.920. The molecule has 2 rings (SSSR count). The van der Waals surface area contributed by atoms with E-state index in [2.05, 4.69) is 52.1 Å². The van der Waals surface area contributed by atoms with Crippen molar-refractivity contribution in [1.29, 1.82) is 0 Å². The van der Waals surface area contributed by atoms with Crippen LogP contribution in [0.2, 0.25) is 0 Å². The molecule has 1 saturated carbocycles. The fourth-order valence-corrected chi connectivity index (χ4v) is 5.18. The van der Waals surface area contributed by atoms with Gasteiger partial charge in [0.05, 0.1) is 16.0 Å². The average molecular weight is 308 g/mol. The third-order valence-corrected chi connectivity index (χ3v) is 6.66. The van der Waals surface area contributed by atoms with Crippen molar-refractivity contribution >= 4 is 10.8 Å². The van der Waals surface area contributed by atoms with Crippen molar-refractivity contribution in [1.82, 2.24) is 5.32 Å². The van der Waals surface area contributed by atoms with Crippen LogP contribution < -0.4 is 5.32 Å². The molecule has 0 spiro atoms. The maximum atomic E-state index is 13.0. The van der Waals surface area contributed by atoms with Gasteiger partial charge in [-0.3, -0.25) is 4.21 Å². The van der Waals surface area contributed by atoms with Crippen molar-refractivity contribution in [3.8, 4) is 0 Å². The highest BCUT2D eigenvalue weighted by atomic mass is 32.2. The Morgan fingerprint density at radius 2 is 2.00 bits per heavy atom. The monoisotopic (exact) mass is 307 g/mol. The molecule has 0 amide bonds. The first-order valence-corrected chi connectivity index (χ1v) is 9.29. The summed E-state index contributed by atoms with van der Waals surface area (Å²) < 4.78 is 13.0. The Bertz CT molecular complexity index is 524. The molecule has 1 aliphatic carbocycles. The molecule has 3 heteroatoms. The molecule has 3 atom stereocenters. The molecule has 1 aromatic rings. The smallest absolute Gasteiger partial charge is 0.0576 e. The lowest BCUT2D eigenvalue weighted by Crippen LogP contribution is -2.46. The van der Waals surface area contributed by atoms with E-state index in [4.69, 9.17) is 0 Å². The van der Waals surface area contributed by atoms with Gasteiger partial charge in [0.2, 0.25) is 0 Å². The minimum absolute atomic E-state index is 0.230. The van der Waals surface area contributed by atoms with E-state index in [1.54, 1.807) is 0 Å². The van der Waals surface area contributed by atoms with Crippen LogP contribution in [0.5, 0.6) is 0 Å². The van der Waals surface area contributed by atoms with Gasteiger partial charge in [0.15, 0.2) is 0 Å². The van der Waals surface area contributed by atoms with Crippen LogP contribution in [-0.2, 0) is 10.8 Å². The zero-order valence-electron chi connectivity index (χ0n) is 14.0. The lowest BCUT2D eigenvalue weighted by Gasteiger charge is -2.31. The summed E-state index contributed by atoms with van der Waals surface area (Å²) in [5.41, 5.74) is 2.73. The van der Waals surface area contributed by atoms with E-state index >= 15 is 0 Å². The van der Waals surface area contributed by atoms with E-state index in [0.717, 1.165) is 30.7 Å². The van der Waals surface area contributed by atoms with Crippen LogP contribution in [0, 0.1) is 19.3 Å². The van der Waals surface area contributed by atoms with Crippen LogP contribution in [0.4, 0.5) is 0 Å². The first kappa shape index (κ1) is 16.7. The van der Waals surface area contributed by atoms with Crippen molar-refractivity contribution in [3.63, 3.8) is 0 Å². The Morgan fingerprint density at radius 3 is 2.62 bits per heavy atom. The zero-order chi connectivity index (χ0) is 15.6. The molecule has 21 heavy (non-hydrogen) atoms. The standard InChI is InChI=1S/C18H29NOS/c1-6-11-19-17-16(9-10-18(17,4)5)21(20)15-8-7-13(2)14(3)12-15/h7-8,12,16-17,19H,6,9-11H2,1-5H3. The number of nitrogens with one attached hydrogen (secondary N) is 1. The van der Waals surface area contributed by atoms with Crippen LogP contribution >= 0.6 is 0 Å². The average Bonchev–Trinajstić information content (AvgIpc) is 2.74. The number of benzene rings is 1. The third kappa shape index (κ3) is 3.57. The lowest BCUT2D eigenvalue weighted by atomic mass is 9.87. The number of aryl methyl sites for hydroxylation is 2. The summed E-state index contributed by atoms with van der Waals surface area (Å²) >= 11 is 0. The topological polar surface area (TPSA) is 29.1 Å². The summed E-state index contributed by atoms with van der Waals surface area (Å²) in [6, 6.07) is 6.59. The van der Waals surface area contributed by atoms with Gasteiger partial charge in [0.25, 0.3) is 0 Å². The predicted molar refractivity (Wildman–Crippen MR) is 91.2 cm³/mol. The number of hydrogen-bond donors (Lipinski definition) is 1. The normalized spacial score (nSPS) is 26.0. The molecule has 2 nitrogen and oxygen atoms in total. The van der Waals surface area contributed by atoms with E-state index in [1.165, 1.54) is 11.1 Å². The second-order valence-electron chi connectivity index (χ2n) is 7.04. The van der Waals surface area contributed by atoms with Gasteiger partial charge in [-0.1, -0.05) is 26.8 Å². The van der Waals surface area contributed by atoms with Crippen LogP contribution in [0.1, 0.15) is 51.2 Å². The van der Waals surface area contributed by atoms with Crippen molar-refractivity contribution in [3.05, 3.63) is 29.3 Å². The molecule has 0 heterocycles. The van der Waals surface area contributed by atoms with E-state index in [0.29, 0.717) is 6.04 Å². The second-order valence-corrected chi connectivity index (χ2v) is 8.71. The first-order valence-electron chi connectivity index (χ1n) is 8.08. The predicted octanol–water partition coefficient (Wildman–Crippen LogP) is 3.97. The maximum Gasteiger partial charge on any atom is 0.0576 e. The van der Waals surface area contributed by atoms with Gasteiger partial charge in [-0.2, -0.15) is 0 Å². The Balaban J connectivity index is 2.22. The van der Waals surface area contributed by atoms with Gasteiger partial charge < -0.3 is 5.32 Å². The van der Waals surface area contributed by atoms with Gasteiger partial charge in [-0.25, -0.2) is 0 Å². The summed E-state index contributed by atoms with van der Waals surface area (Å²) in [4.78, 5) is 0.990. The second kappa shape index (κ2) is 6.62. The SMILES string of the molecule is CCCNC1C(S(=O)c2ccc(C)c(C)c2)CCC1(C)C. The molecule has 0 aliphatic heterocycles. The molecule has 0 aromatic heterocycles. The Morgan fingerprint density at radius 1 is 1.29 bits per heavy atom. The molecule has 1 N–H and O–H groups in total. The first-order chi connectivity index (χ1) is 9.86. The Kier molecular flexibility index (Phi) is 5.26. The van der Waals surface area contributed by atoms with Gasteiger partial charge in [0.1, 0.15) is 0 Å². The van der Waals surface area contributed by atoms with E-state index in [1.807, 2.05) is 6.07 Å².